The molecule has 0 saturated heterocycles. The van der Waals surface area contributed by atoms with Gasteiger partial charge in [-0.15, -0.1) is 0 Å². The largest absolute Gasteiger partial charge is 0.417 e. The Morgan fingerprint density at radius 2 is 1.86 bits per heavy atom. The molecule has 0 unspecified atom stereocenters. The minimum Gasteiger partial charge on any atom is -0.408 e. The first-order valence-electron chi connectivity index (χ1n) is 6.72. The van der Waals surface area contributed by atoms with E-state index in [4.69, 9.17) is 4.42 Å². The van der Waals surface area contributed by atoms with E-state index >= 15 is 0 Å². The van der Waals surface area contributed by atoms with Gasteiger partial charge in [-0.05, 0) is 42.3 Å². The predicted octanol–water partition coefficient (Wildman–Crippen LogP) is 2.48. The summed E-state index contributed by atoms with van der Waals surface area (Å²) in [5, 5.41) is 0. The molecule has 3 aromatic rings. The lowest BCUT2D eigenvalue weighted by atomic mass is 10.2. The van der Waals surface area contributed by atoms with Crippen molar-refractivity contribution in [3.8, 4) is 0 Å². The van der Waals surface area contributed by atoms with Crippen molar-refractivity contribution < 1.29 is 12.8 Å². The molecule has 3 rings (SSSR count). The number of hydrogen-bond donors (Lipinski definition) is 2. The summed E-state index contributed by atoms with van der Waals surface area (Å²) in [6.07, 6.45) is 0.886. The Labute approximate surface area is 126 Å². The Morgan fingerprint density at radius 3 is 2.55 bits per heavy atom. The molecule has 0 spiro atoms. The van der Waals surface area contributed by atoms with Crippen molar-refractivity contribution in [3.05, 3.63) is 58.6 Å². The zero-order chi connectivity index (χ0) is 15.7. The summed E-state index contributed by atoms with van der Waals surface area (Å²) in [6.45, 7) is 2.03. The molecule has 2 N–H and O–H groups in total. The van der Waals surface area contributed by atoms with Gasteiger partial charge in [0.1, 0.15) is 0 Å². The molecule has 0 saturated carbocycles. The molecule has 7 heteroatoms. The highest BCUT2D eigenvalue weighted by Crippen LogP contribution is 2.20. The Morgan fingerprint density at radius 1 is 1.14 bits per heavy atom. The van der Waals surface area contributed by atoms with Gasteiger partial charge in [0.15, 0.2) is 5.58 Å². The van der Waals surface area contributed by atoms with Crippen molar-refractivity contribution in [2.45, 2.75) is 18.2 Å². The molecular weight excluding hydrogens is 304 g/mol. The number of sulfonamides is 1. The lowest BCUT2D eigenvalue weighted by Crippen LogP contribution is -2.12. The molecule has 0 bridgehead atoms. The second-order valence-corrected chi connectivity index (χ2v) is 6.51. The summed E-state index contributed by atoms with van der Waals surface area (Å²) < 4.78 is 32.1. The van der Waals surface area contributed by atoms with Crippen LogP contribution < -0.4 is 10.5 Å². The van der Waals surface area contributed by atoms with Gasteiger partial charge in [0.2, 0.25) is 0 Å². The maximum absolute atomic E-state index is 12.4. The third-order valence-corrected chi connectivity index (χ3v) is 4.69. The maximum atomic E-state index is 12.4. The first kappa shape index (κ1) is 14.4. The fourth-order valence-electron chi connectivity index (χ4n) is 2.12. The van der Waals surface area contributed by atoms with Gasteiger partial charge < -0.3 is 4.42 Å². The number of oxazole rings is 1. The molecule has 1 aromatic heterocycles. The van der Waals surface area contributed by atoms with Crippen LogP contribution in [0.5, 0.6) is 0 Å². The third-order valence-electron chi connectivity index (χ3n) is 3.32. The number of benzene rings is 2. The van der Waals surface area contributed by atoms with E-state index in [9.17, 15) is 13.2 Å². The number of aromatic nitrogens is 1. The van der Waals surface area contributed by atoms with Crippen LogP contribution in [0.25, 0.3) is 11.1 Å². The fourth-order valence-corrected chi connectivity index (χ4v) is 3.21. The predicted molar refractivity (Wildman–Crippen MR) is 83.5 cm³/mol. The fraction of sp³-hybridized carbons (Fsp3) is 0.133. The molecule has 0 radical (unpaired) electrons. The molecule has 0 aliphatic heterocycles. The Bertz CT molecular complexity index is 969. The van der Waals surface area contributed by atoms with Crippen molar-refractivity contribution in [3.63, 3.8) is 0 Å². The molecule has 114 valence electrons. The zero-order valence-corrected chi connectivity index (χ0v) is 12.6. The van der Waals surface area contributed by atoms with E-state index in [1.807, 2.05) is 19.1 Å². The summed E-state index contributed by atoms with van der Waals surface area (Å²) in [6, 6.07) is 11.4. The quantitative estimate of drug-likeness (QED) is 0.773. The molecule has 0 aliphatic carbocycles. The number of H-pyrrole nitrogens is 1. The normalized spacial score (nSPS) is 11.7. The van der Waals surface area contributed by atoms with Crippen LogP contribution in [0.1, 0.15) is 12.5 Å². The summed E-state index contributed by atoms with van der Waals surface area (Å²) in [5.74, 6) is -0.618. The molecule has 1 heterocycles. The number of hydrogen-bond acceptors (Lipinski definition) is 4. The van der Waals surface area contributed by atoms with Crippen molar-refractivity contribution in [2.75, 3.05) is 4.72 Å². The van der Waals surface area contributed by atoms with Gasteiger partial charge >= 0.3 is 5.76 Å². The van der Waals surface area contributed by atoms with Gasteiger partial charge in [-0.3, -0.25) is 9.71 Å². The van der Waals surface area contributed by atoms with E-state index in [1.165, 1.54) is 18.2 Å². The summed E-state index contributed by atoms with van der Waals surface area (Å²) in [5.41, 5.74) is 2.27. The highest BCUT2D eigenvalue weighted by Gasteiger charge is 2.16. The van der Waals surface area contributed by atoms with E-state index in [0.717, 1.165) is 12.0 Å². The van der Waals surface area contributed by atoms with Crippen molar-refractivity contribution in [2.24, 2.45) is 0 Å². The first-order valence-corrected chi connectivity index (χ1v) is 8.21. The van der Waals surface area contributed by atoms with E-state index in [2.05, 4.69) is 9.71 Å². The lowest BCUT2D eigenvalue weighted by Gasteiger charge is -2.08. The van der Waals surface area contributed by atoms with Gasteiger partial charge in [0.25, 0.3) is 10.0 Å². The van der Waals surface area contributed by atoms with Gasteiger partial charge in [-0.25, -0.2) is 13.2 Å². The van der Waals surface area contributed by atoms with Crippen LogP contribution in [0.2, 0.25) is 0 Å². The van der Waals surface area contributed by atoms with Crippen LogP contribution >= 0.6 is 0 Å². The zero-order valence-electron chi connectivity index (χ0n) is 11.8. The number of fused-ring (bicyclic) bond motifs is 1. The molecule has 0 aliphatic rings. The number of anilines is 1. The number of aromatic amines is 1. The molecule has 0 atom stereocenters. The molecule has 2 aromatic carbocycles. The molecular formula is C15H14N2O4S. The second-order valence-electron chi connectivity index (χ2n) is 4.83. The van der Waals surface area contributed by atoms with Gasteiger partial charge in [-0.1, -0.05) is 19.1 Å². The van der Waals surface area contributed by atoms with Gasteiger partial charge in [-0.2, -0.15) is 0 Å². The summed E-state index contributed by atoms with van der Waals surface area (Å²) in [7, 11) is -3.73. The van der Waals surface area contributed by atoms with E-state index < -0.39 is 15.8 Å². The minimum atomic E-state index is -3.73. The molecule has 0 amide bonds. The summed E-state index contributed by atoms with van der Waals surface area (Å²) >= 11 is 0. The Hall–Kier alpha value is -2.54. The monoisotopic (exact) mass is 318 g/mol. The first-order chi connectivity index (χ1) is 10.5. The smallest absolute Gasteiger partial charge is 0.408 e. The standard InChI is InChI=1S/C15H14N2O4S/c1-2-10-3-5-11(6-4-10)17-22(19,20)12-7-8-14-13(9-12)16-15(18)21-14/h3-9,17H,2H2,1H3,(H,16,18). The number of rotatable bonds is 4. The Balaban J connectivity index is 1.94. The van der Waals surface area contributed by atoms with Crippen LogP contribution in [-0.2, 0) is 16.4 Å². The highest BCUT2D eigenvalue weighted by molar-refractivity contribution is 7.92. The molecule has 0 fully saturated rings. The van der Waals surface area contributed by atoms with Gasteiger partial charge in [0.05, 0.1) is 10.4 Å². The number of aryl methyl sites for hydroxylation is 1. The van der Waals surface area contributed by atoms with Crippen LogP contribution in [0.4, 0.5) is 5.69 Å². The lowest BCUT2D eigenvalue weighted by molar-refractivity contribution is 0.555. The van der Waals surface area contributed by atoms with E-state index in [0.29, 0.717) is 16.8 Å². The molecule has 6 nitrogen and oxygen atoms in total. The average molecular weight is 318 g/mol. The average Bonchev–Trinajstić information content (AvgIpc) is 2.86. The SMILES string of the molecule is CCc1ccc(NS(=O)(=O)c2ccc3oc(=O)[nH]c3c2)cc1. The molecule has 22 heavy (non-hydrogen) atoms. The van der Waals surface area contributed by atoms with Crippen LogP contribution in [0.15, 0.2) is 56.6 Å². The third kappa shape index (κ3) is 2.75. The van der Waals surface area contributed by atoms with Crippen molar-refractivity contribution in [1.82, 2.24) is 4.98 Å². The van der Waals surface area contributed by atoms with E-state index in [1.54, 1.807) is 12.1 Å². The topological polar surface area (TPSA) is 92.2 Å². The van der Waals surface area contributed by atoms with Crippen molar-refractivity contribution in [1.29, 1.82) is 0 Å². The second kappa shape index (κ2) is 5.34. The van der Waals surface area contributed by atoms with Crippen LogP contribution in [0, 0.1) is 0 Å². The summed E-state index contributed by atoms with van der Waals surface area (Å²) in [4.78, 5) is 13.6. The maximum Gasteiger partial charge on any atom is 0.417 e. The van der Waals surface area contributed by atoms with Crippen molar-refractivity contribution >= 4 is 26.8 Å². The van der Waals surface area contributed by atoms with Crippen LogP contribution in [0.3, 0.4) is 0 Å². The van der Waals surface area contributed by atoms with Crippen LogP contribution in [-0.4, -0.2) is 13.4 Å². The van der Waals surface area contributed by atoms with E-state index in [-0.39, 0.29) is 4.90 Å². The van der Waals surface area contributed by atoms with Gasteiger partial charge in [0, 0.05) is 5.69 Å². The Kier molecular flexibility index (Phi) is 3.50. The minimum absolute atomic E-state index is 0.0524. The highest BCUT2D eigenvalue weighted by atomic mass is 32.2. The number of nitrogens with one attached hydrogen (secondary N) is 2.